The van der Waals surface area contributed by atoms with Crippen LogP contribution in [0.15, 0.2) is 40.3 Å². The van der Waals surface area contributed by atoms with Crippen LogP contribution in [0.2, 0.25) is 5.02 Å². The highest BCUT2D eigenvalue weighted by molar-refractivity contribution is 7.99. The Morgan fingerprint density at radius 2 is 2.14 bits per heavy atom. The normalized spacial score (nSPS) is 11.0. The van der Waals surface area contributed by atoms with Gasteiger partial charge in [-0.2, -0.15) is 0 Å². The molecule has 0 saturated heterocycles. The summed E-state index contributed by atoms with van der Waals surface area (Å²) in [7, 11) is 0. The van der Waals surface area contributed by atoms with E-state index in [1.807, 2.05) is 24.3 Å². The van der Waals surface area contributed by atoms with Gasteiger partial charge in [-0.05, 0) is 24.6 Å². The van der Waals surface area contributed by atoms with Crippen LogP contribution >= 0.6 is 34.7 Å². The Balaban J connectivity index is 2.11. The van der Waals surface area contributed by atoms with E-state index in [2.05, 4.69) is 28.4 Å². The number of fused-ring (bicyclic) bond motifs is 1. The van der Waals surface area contributed by atoms with Crippen molar-refractivity contribution in [2.24, 2.45) is 5.84 Å². The molecule has 3 N–H and O–H groups in total. The summed E-state index contributed by atoms with van der Waals surface area (Å²) in [5, 5.41) is 2.61. The maximum Gasteiger partial charge on any atom is 0.239 e. The molecule has 21 heavy (non-hydrogen) atoms. The third-order valence-electron chi connectivity index (χ3n) is 2.93. The molecule has 0 aliphatic rings. The fraction of sp³-hybridized carbons (Fsp3) is 0.143. The first kappa shape index (κ1) is 14.6. The van der Waals surface area contributed by atoms with Gasteiger partial charge in [-0.25, -0.2) is 15.8 Å². The molecule has 0 bridgehead atoms. The molecule has 3 aromatic rings. The molecule has 0 aliphatic carbocycles. The van der Waals surface area contributed by atoms with Crippen LogP contribution in [0.4, 0.5) is 5.95 Å². The molecule has 2 heterocycles. The van der Waals surface area contributed by atoms with Crippen molar-refractivity contribution in [3.63, 3.8) is 0 Å². The number of halogens is 1. The zero-order valence-corrected chi connectivity index (χ0v) is 13.6. The molecule has 0 aliphatic heterocycles. The molecule has 1 aromatic carbocycles. The fourth-order valence-electron chi connectivity index (χ4n) is 1.89. The highest BCUT2D eigenvalue weighted by atomic mass is 35.5. The van der Waals surface area contributed by atoms with Gasteiger partial charge >= 0.3 is 0 Å². The highest BCUT2D eigenvalue weighted by Gasteiger charge is 2.13. The number of hydrazine groups is 1. The van der Waals surface area contributed by atoms with Crippen molar-refractivity contribution in [2.45, 2.75) is 23.3 Å². The quantitative estimate of drug-likeness (QED) is 0.421. The largest absolute Gasteiger partial charge is 0.292 e. The zero-order valence-electron chi connectivity index (χ0n) is 11.3. The van der Waals surface area contributed by atoms with Crippen LogP contribution in [-0.4, -0.2) is 9.97 Å². The van der Waals surface area contributed by atoms with Gasteiger partial charge in [0.2, 0.25) is 5.95 Å². The predicted octanol–water partition coefficient (Wildman–Crippen LogP) is 4.34. The topological polar surface area (TPSA) is 63.8 Å². The standard InChI is InChI=1S/C14H13ClN4S2/c1-2-8-7-9-12(20-8)17-14(19-16)18-13(9)21-11-6-4-3-5-10(11)15/h3-7H,2,16H2,1H3,(H,17,18,19). The number of hydrogen-bond acceptors (Lipinski definition) is 6. The molecule has 0 radical (unpaired) electrons. The van der Waals surface area contributed by atoms with Gasteiger partial charge in [0.25, 0.3) is 0 Å². The number of nitrogens with zero attached hydrogens (tertiary/aromatic N) is 2. The predicted molar refractivity (Wildman–Crippen MR) is 90.2 cm³/mol. The lowest BCUT2D eigenvalue weighted by Crippen LogP contribution is -2.10. The second-order valence-corrected chi connectivity index (χ2v) is 6.87. The number of rotatable bonds is 4. The highest BCUT2D eigenvalue weighted by Crippen LogP contribution is 2.38. The lowest BCUT2D eigenvalue weighted by atomic mass is 10.3. The molecule has 0 atom stereocenters. The van der Waals surface area contributed by atoms with Gasteiger partial charge in [-0.15, -0.1) is 11.3 Å². The van der Waals surface area contributed by atoms with Gasteiger partial charge in [0.15, 0.2) is 0 Å². The van der Waals surface area contributed by atoms with E-state index in [4.69, 9.17) is 17.4 Å². The minimum Gasteiger partial charge on any atom is -0.292 e. The number of nitrogens with one attached hydrogen (secondary N) is 1. The fourth-order valence-corrected chi connectivity index (χ4v) is 4.09. The number of nitrogens with two attached hydrogens (primary N) is 1. The Kier molecular flexibility index (Phi) is 4.30. The van der Waals surface area contributed by atoms with Gasteiger partial charge < -0.3 is 0 Å². The molecule has 0 fully saturated rings. The van der Waals surface area contributed by atoms with Gasteiger partial charge in [-0.3, -0.25) is 5.43 Å². The van der Waals surface area contributed by atoms with Crippen LogP contribution in [0.5, 0.6) is 0 Å². The summed E-state index contributed by atoms with van der Waals surface area (Å²) in [6.45, 7) is 2.13. The van der Waals surface area contributed by atoms with E-state index in [0.29, 0.717) is 11.0 Å². The lowest BCUT2D eigenvalue weighted by molar-refractivity contribution is 1.08. The van der Waals surface area contributed by atoms with E-state index in [1.54, 1.807) is 11.3 Å². The lowest BCUT2D eigenvalue weighted by Gasteiger charge is -2.06. The first-order valence-electron chi connectivity index (χ1n) is 6.40. The van der Waals surface area contributed by atoms with Gasteiger partial charge in [0.05, 0.1) is 5.02 Å². The Hall–Kier alpha value is -1.34. The molecular weight excluding hydrogens is 324 g/mol. The van der Waals surface area contributed by atoms with Crippen LogP contribution in [-0.2, 0) is 6.42 Å². The number of benzene rings is 1. The molecule has 0 spiro atoms. The molecule has 0 unspecified atom stereocenters. The number of aryl methyl sites for hydroxylation is 1. The zero-order chi connectivity index (χ0) is 14.8. The average molecular weight is 337 g/mol. The Bertz CT molecular complexity index is 788. The van der Waals surface area contributed by atoms with Crippen molar-refractivity contribution in [1.82, 2.24) is 9.97 Å². The Morgan fingerprint density at radius 1 is 1.33 bits per heavy atom. The maximum absolute atomic E-state index is 6.23. The summed E-state index contributed by atoms with van der Waals surface area (Å²) in [5.41, 5.74) is 2.53. The first-order chi connectivity index (χ1) is 10.2. The second-order valence-electron chi connectivity index (χ2n) is 4.31. The SMILES string of the molecule is CCc1cc2c(Sc3ccccc3Cl)nc(NN)nc2s1. The first-order valence-corrected chi connectivity index (χ1v) is 8.41. The molecule has 0 saturated carbocycles. The second kappa shape index (κ2) is 6.19. The molecular formula is C14H13ClN4S2. The number of thiophene rings is 1. The molecule has 108 valence electrons. The number of nitrogen functional groups attached to an aromatic ring is 1. The van der Waals surface area contributed by atoms with Gasteiger partial charge in [-0.1, -0.05) is 42.4 Å². The molecule has 4 nitrogen and oxygen atoms in total. The van der Waals surface area contributed by atoms with Gasteiger partial charge in [0, 0.05) is 15.2 Å². The summed E-state index contributed by atoms with van der Waals surface area (Å²) in [4.78, 5) is 12.1. The van der Waals surface area contributed by atoms with E-state index in [9.17, 15) is 0 Å². The molecule has 3 rings (SSSR count). The van der Waals surface area contributed by atoms with Crippen LogP contribution in [0, 0.1) is 0 Å². The Morgan fingerprint density at radius 3 is 2.86 bits per heavy atom. The van der Waals surface area contributed by atoms with Crippen LogP contribution in [0.3, 0.4) is 0 Å². The van der Waals surface area contributed by atoms with E-state index in [1.165, 1.54) is 16.6 Å². The summed E-state index contributed by atoms with van der Waals surface area (Å²) >= 11 is 9.42. The third-order valence-corrected chi connectivity index (χ3v) is 5.63. The molecule has 0 amide bonds. The van der Waals surface area contributed by atoms with E-state index < -0.39 is 0 Å². The minimum absolute atomic E-state index is 0.418. The molecule has 2 aromatic heterocycles. The van der Waals surface area contributed by atoms with E-state index >= 15 is 0 Å². The minimum atomic E-state index is 0.418. The number of anilines is 1. The summed E-state index contributed by atoms with van der Waals surface area (Å²) in [6.07, 6.45) is 0.975. The van der Waals surface area contributed by atoms with E-state index in [0.717, 1.165) is 26.6 Å². The van der Waals surface area contributed by atoms with E-state index in [-0.39, 0.29) is 0 Å². The maximum atomic E-state index is 6.23. The third kappa shape index (κ3) is 2.98. The number of hydrogen-bond donors (Lipinski definition) is 2. The van der Waals surface area contributed by atoms with Crippen molar-refractivity contribution in [1.29, 1.82) is 0 Å². The Labute approximate surface area is 135 Å². The average Bonchev–Trinajstić information content (AvgIpc) is 2.92. The van der Waals surface area contributed by atoms with Crippen LogP contribution < -0.4 is 11.3 Å². The summed E-state index contributed by atoms with van der Waals surface area (Å²) < 4.78 is 0. The number of aromatic nitrogens is 2. The van der Waals surface area contributed by atoms with Crippen molar-refractivity contribution >= 4 is 50.9 Å². The van der Waals surface area contributed by atoms with Crippen molar-refractivity contribution in [3.8, 4) is 0 Å². The smallest absolute Gasteiger partial charge is 0.239 e. The van der Waals surface area contributed by atoms with Crippen molar-refractivity contribution < 1.29 is 0 Å². The van der Waals surface area contributed by atoms with Crippen molar-refractivity contribution in [3.05, 3.63) is 40.2 Å². The van der Waals surface area contributed by atoms with Crippen LogP contribution in [0.25, 0.3) is 10.2 Å². The van der Waals surface area contributed by atoms with Crippen LogP contribution in [0.1, 0.15) is 11.8 Å². The molecule has 7 heteroatoms. The van der Waals surface area contributed by atoms with Gasteiger partial charge in [0.1, 0.15) is 9.86 Å². The summed E-state index contributed by atoms with van der Waals surface area (Å²) in [5.74, 6) is 5.88. The summed E-state index contributed by atoms with van der Waals surface area (Å²) in [6, 6.07) is 9.85. The van der Waals surface area contributed by atoms with Crippen molar-refractivity contribution in [2.75, 3.05) is 5.43 Å². The monoisotopic (exact) mass is 336 g/mol.